The summed E-state index contributed by atoms with van der Waals surface area (Å²) in [5, 5.41) is 4.27. The van der Waals surface area contributed by atoms with Crippen molar-refractivity contribution < 1.29 is 9.59 Å². The quantitative estimate of drug-likeness (QED) is 0.623. The Morgan fingerprint density at radius 2 is 1.70 bits per heavy atom. The van der Waals surface area contributed by atoms with E-state index in [0.29, 0.717) is 12.0 Å². The first-order valence-electron chi connectivity index (χ1n) is 9.33. The van der Waals surface area contributed by atoms with Gasteiger partial charge in [-0.15, -0.1) is 0 Å². The molecule has 1 amide bonds. The molecule has 0 aliphatic carbocycles. The number of hydrogen-bond donors (Lipinski definition) is 2. The van der Waals surface area contributed by atoms with E-state index in [-0.39, 0.29) is 23.7 Å². The Kier molecular flexibility index (Phi) is 5.45. The number of hydrogen-bond acceptors (Lipinski definition) is 2. The maximum absolute atomic E-state index is 12.8. The van der Waals surface area contributed by atoms with Crippen molar-refractivity contribution >= 4 is 22.6 Å². The maximum Gasteiger partial charge on any atom is 0.225 e. The Bertz CT molecular complexity index is 968. The zero-order valence-electron chi connectivity index (χ0n) is 16.3. The minimum atomic E-state index is -0.0935. The van der Waals surface area contributed by atoms with Crippen LogP contribution in [-0.4, -0.2) is 16.7 Å². The molecule has 3 rings (SSSR count). The van der Waals surface area contributed by atoms with Crippen molar-refractivity contribution in [1.82, 2.24) is 10.3 Å². The molecule has 4 nitrogen and oxygen atoms in total. The molecule has 4 heteroatoms. The van der Waals surface area contributed by atoms with Gasteiger partial charge in [-0.25, -0.2) is 0 Å². The van der Waals surface area contributed by atoms with Crippen molar-refractivity contribution in [1.29, 1.82) is 0 Å². The molecule has 27 heavy (non-hydrogen) atoms. The standard InChI is InChI=1S/C23H26N2O2/c1-14(2)23(18-11-9-17(10-12-18)16(4)26)25-22(27)13-20-15(3)24-21-8-6-5-7-19(20)21/h5-12,14,23-24H,13H2,1-4H3,(H,25,27). The molecular weight excluding hydrogens is 336 g/mol. The van der Waals surface area contributed by atoms with Crippen LogP contribution in [0.25, 0.3) is 10.9 Å². The van der Waals surface area contributed by atoms with E-state index in [2.05, 4.69) is 24.1 Å². The largest absolute Gasteiger partial charge is 0.358 e. The van der Waals surface area contributed by atoms with Gasteiger partial charge in [0.05, 0.1) is 12.5 Å². The van der Waals surface area contributed by atoms with Crippen LogP contribution in [0, 0.1) is 12.8 Å². The van der Waals surface area contributed by atoms with Crippen molar-refractivity contribution in [3.63, 3.8) is 0 Å². The minimum absolute atomic E-state index is 0.00259. The first kappa shape index (κ1) is 18.9. The lowest BCUT2D eigenvalue weighted by Gasteiger charge is -2.23. The molecule has 1 heterocycles. The maximum atomic E-state index is 12.8. The molecule has 0 saturated heterocycles. The number of para-hydroxylation sites is 1. The van der Waals surface area contributed by atoms with Crippen molar-refractivity contribution in [2.24, 2.45) is 5.92 Å². The highest BCUT2D eigenvalue weighted by Gasteiger charge is 2.20. The van der Waals surface area contributed by atoms with Gasteiger partial charge in [-0.2, -0.15) is 0 Å². The zero-order chi connectivity index (χ0) is 19.6. The molecule has 2 N–H and O–H groups in total. The predicted molar refractivity (Wildman–Crippen MR) is 109 cm³/mol. The number of aromatic nitrogens is 1. The molecular formula is C23H26N2O2. The van der Waals surface area contributed by atoms with Crippen LogP contribution in [0.1, 0.15) is 54.0 Å². The van der Waals surface area contributed by atoms with E-state index in [1.807, 2.05) is 55.5 Å². The van der Waals surface area contributed by atoms with Crippen LogP contribution >= 0.6 is 0 Å². The van der Waals surface area contributed by atoms with E-state index in [1.54, 1.807) is 6.92 Å². The first-order chi connectivity index (χ1) is 12.9. The Morgan fingerprint density at radius 3 is 2.33 bits per heavy atom. The summed E-state index contributed by atoms with van der Waals surface area (Å²) in [5.41, 5.74) is 4.81. The second kappa shape index (κ2) is 7.78. The number of amides is 1. The number of nitrogens with one attached hydrogen (secondary N) is 2. The number of ketones is 1. The average molecular weight is 362 g/mol. The zero-order valence-corrected chi connectivity index (χ0v) is 16.3. The van der Waals surface area contributed by atoms with Gasteiger partial charge in [-0.1, -0.05) is 56.3 Å². The highest BCUT2D eigenvalue weighted by atomic mass is 16.1. The van der Waals surface area contributed by atoms with Crippen LogP contribution in [0.5, 0.6) is 0 Å². The molecule has 1 atom stereocenters. The molecule has 0 bridgehead atoms. The van der Waals surface area contributed by atoms with Gasteiger partial charge >= 0.3 is 0 Å². The molecule has 0 aliphatic rings. The Morgan fingerprint density at radius 1 is 1.04 bits per heavy atom. The summed E-state index contributed by atoms with van der Waals surface area (Å²) in [5.74, 6) is 0.278. The Labute approximate surface area is 160 Å². The van der Waals surface area contributed by atoms with Gasteiger partial charge in [-0.05, 0) is 37.0 Å². The molecule has 2 aromatic carbocycles. The molecule has 0 fully saturated rings. The van der Waals surface area contributed by atoms with Crippen molar-refractivity contribution in [3.8, 4) is 0 Å². The van der Waals surface area contributed by atoms with Crippen LogP contribution in [0.2, 0.25) is 0 Å². The third kappa shape index (κ3) is 4.11. The van der Waals surface area contributed by atoms with Gasteiger partial charge in [-0.3, -0.25) is 9.59 Å². The number of fused-ring (bicyclic) bond motifs is 1. The molecule has 1 aromatic heterocycles. The normalized spacial score (nSPS) is 12.3. The molecule has 1 unspecified atom stereocenters. The monoisotopic (exact) mass is 362 g/mol. The van der Waals surface area contributed by atoms with Gasteiger partial charge in [0.1, 0.15) is 0 Å². The van der Waals surface area contributed by atoms with E-state index in [4.69, 9.17) is 0 Å². The van der Waals surface area contributed by atoms with Crippen molar-refractivity contribution in [3.05, 3.63) is 70.9 Å². The molecule has 140 valence electrons. The van der Waals surface area contributed by atoms with Gasteiger partial charge < -0.3 is 10.3 Å². The van der Waals surface area contributed by atoms with Crippen LogP contribution in [0.4, 0.5) is 0 Å². The number of rotatable bonds is 6. The fourth-order valence-electron chi connectivity index (χ4n) is 3.51. The molecule has 0 radical (unpaired) electrons. The third-order valence-electron chi connectivity index (χ3n) is 5.02. The highest BCUT2D eigenvalue weighted by molar-refractivity contribution is 5.94. The molecule has 0 spiro atoms. The van der Waals surface area contributed by atoms with Gasteiger partial charge in [0.2, 0.25) is 5.91 Å². The number of H-pyrrole nitrogens is 1. The van der Waals surface area contributed by atoms with Gasteiger partial charge in [0.15, 0.2) is 5.78 Å². The summed E-state index contributed by atoms with van der Waals surface area (Å²) in [4.78, 5) is 27.6. The number of carbonyl (C=O) groups is 2. The third-order valence-corrected chi connectivity index (χ3v) is 5.02. The van der Waals surface area contributed by atoms with E-state index in [0.717, 1.165) is 27.7 Å². The van der Waals surface area contributed by atoms with E-state index >= 15 is 0 Å². The van der Waals surface area contributed by atoms with Crippen LogP contribution < -0.4 is 5.32 Å². The van der Waals surface area contributed by atoms with Crippen molar-refractivity contribution in [2.75, 3.05) is 0 Å². The summed E-state index contributed by atoms with van der Waals surface area (Å²) in [6, 6.07) is 15.5. The molecule has 0 saturated carbocycles. The lowest BCUT2D eigenvalue weighted by atomic mass is 9.94. The van der Waals surface area contributed by atoms with Crippen LogP contribution in [-0.2, 0) is 11.2 Å². The molecule has 0 aliphatic heterocycles. The summed E-state index contributed by atoms with van der Waals surface area (Å²) in [7, 11) is 0. The fraction of sp³-hybridized carbons (Fsp3) is 0.304. The summed E-state index contributed by atoms with van der Waals surface area (Å²) in [6.45, 7) is 7.73. The summed E-state index contributed by atoms with van der Waals surface area (Å²) < 4.78 is 0. The SMILES string of the molecule is CC(=O)c1ccc(C(NC(=O)Cc2c(C)[nH]c3ccccc23)C(C)C)cc1. The number of aryl methyl sites for hydroxylation is 1. The highest BCUT2D eigenvalue weighted by Crippen LogP contribution is 2.25. The number of aromatic amines is 1. The molecule has 3 aromatic rings. The first-order valence-corrected chi connectivity index (χ1v) is 9.33. The lowest BCUT2D eigenvalue weighted by Crippen LogP contribution is -2.33. The van der Waals surface area contributed by atoms with Crippen LogP contribution in [0.15, 0.2) is 48.5 Å². The van der Waals surface area contributed by atoms with E-state index in [9.17, 15) is 9.59 Å². The fourth-order valence-corrected chi connectivity index (χ4v) is 3.51. The van der Waals surface area contributed by atoms with Crippen molar-refractivity contribution in [2.45, 2.75) is 40.2 Å². The second-order valence-corrected chi connectivity index (χ2v) is 7.42. The van der Waals surface area contributed by atoms with Gasteiger partial charge in [0, 0.05) is 22.2 Å². The lowest BCUT2D eigenvalue weighted by molar-refractivity contribution is -0.121. The average Bonchev–Trinajstić information content (AvgIpc) is 2.95. The Balaban J connectivity index is 1.79. The second-order valence-electron chi connectivity index (χ2n) is 7.42. The van der Waals surface area contributed by atoms with E-state index < -0.39 is 0 Å². The van der Waals surface area contributed by atoms with Crippen LogP contribution in [0.3, 0.4) is 0 Å². The summed E-state index contributed by atoms with van der Waals surface area (Å²) >= 11 is 0. The number of benzene rings is 2. The van der Waals surface area contributed by atoms with E-state index in [1.165, 1.54) is 0 Å². The topological polar surface area (TPSA) is 62.0 Å². The number of Topliss-reactive ketones (excluding diaryl/α,β-unsaturated/α-hetero) is 1. The summed E-state index contributed by atoms with van der Waals surface area (Å²) in [6.07, 6.45) is 0.338. The smallest absolute Gasteiger partial charge is 0.225 e. The minimum Gasteiger partial charge on any atom is -0.358 e. The number of carbonyl (C=O) groups excluding carboxylic acids is 2. The van der Waals surface area contributed by atoms with Gasteiger partial charge in [0.25, 0.3) is 0 Å². The Hall–Kier alpha value is -2.88. The predicted octanol–water partition coefficient (Wildman–Crippen LogP) is 4.73.